The van der Waals surface area contributed by atoms with Crippen LogP contribution in [0.15, 0.2) is 47.4 Å². The molecule has 1 amide bonds. The Kier molecular flexibility index (Phi) is 7.18. The molecule has 9 heteroatoms. The lowest BCUT2D eigenvalue weighted by atomic mass is 10.2. The van der Waals surface area contributed by atoms with Gasteiger partial charge in [0.15, 0.2) is 0 Å². The van der Waals surface area contributed by atoms with Crippen LogP contribution in [-0.4, -0.2) is 46.4 Å². The van der Waals surface area contributed by atoms with Gasteiger partial charge in [0.2, 0.25) is 0 Å². The van der Waals surface area contributed by atoms with E-state index in [-0.39, 0.29) is 21.5 Å². The molecule has 0 heterocycles. The topological polar surface area (TPSA) is 78.5 Å². The largest absolute Gasteiger partial charge is 0.352 e. The first kappa shape index (κ1) is 21.1. The van der Waals surface area contributed by atoms with Crippen LogP contribution in [0.1, 0.15) is 16.8 Å². The normalized spacial score (nSPS) is 11.4. The van der Waals surface area contributed by atoms with Crippen LogP contribution in [0, 0.1) is 5.82 Å². The van der Waals surface area contributed by atoms with Crippen molar-refractivity contribution in [2.24, 2.45) is 0 Å². The number of sulfonamides is 1. The van der Waals surface area contributed by atoms with Crippen molar-refractivity contribution in [1.82, 2.24) is 10.2 Å². The molecule has 0 saturated heterocycles. The van der Waals surface area contributed by atoms with Crippen LogP contribution in [0.25, 0.3) is 0 Å². The maximum absolute atomic E-state index is 13.2. The molecular formula is C18H21ClFN3O3S. The Morgan fingerprint density at radius 2 is 1.81 bits per heavy atom. The van der Waals surface area contributed by atoms with Crippen LogP contribution >= 0.6 is 11.6 Å². The highest BCUT2D eigenvalue weighted by Crippen LogP contribution is 2.22. The summed E-state index contributed by atoms with van der Waals surface area (Å²) in [6.07, 6.45) is 0.830. The van der Waals surface area contributed by atoms with Crippen LogP contribution in [0.3, 0.4) is 0 Å². The first-order valence-electron chi connectivity index (χ1n) is 8.20. The highest BCUT2D eigenvalue weighted by molar-refractivity contribution is 7.92. The lowest BCUT2D eigenvalue weighted by Gasteiger charge is -2.11. The van der Waals surface area contributed by atoms with Crippen molar-refractivity contribution in [3.05, 3.63) is 58.9 Å². The summed E-state index contributed by atoms with van der Waals surface area (Å²) < 4.78 is 40.2. The molecule has 0 aliphatic carbocycles. The van der Waals surface area contributed by atoms with Crippen LogP contribution < -0.4 is 10.0 Å². The molecule has 2 aromatic rings. The van der Waals surface area contributed by atoms with Gasteiger partial charge in [-0.15, -0.1) is 0 Å². The molecule has 0 atom stereocenters. The van der Waals surface area contributed by atoms with E-state index in [0.717, 1.165) is 31.2 Å². The van der Waals surface area contributed by atoms with Crippen molar-refractivity contribution < 1.29 is 17.6 Å². The molecule has 0 radical (unpaired) electrons. The summed E-state index contributed by atoms with van der Waals surface area (Å²) in [4.78, 5) is 13.9. The molecule has 0 spiro atoms. The molecule has 0 aromatic heterocycles. The lowest BCUT2D eigenvalue weighted by molar-refractivity contribution is 0.0952. The fourth-order valence-electron chi connectivity index (χ4n) is 2.25. The Labute approximate surface area is 163 Å². The van der Waals surface area contributed by atoms with Gasteiger partial charge in [-0.1, -0.05) is 11.6 Å². The maximum atomic E-state index is 13.2. The van der Waals surface area contributed by atoms with Gasteiger partial charge < -0.3 is 10.2 Å². The van der Waals surface area contributed by atoms with Gasteiger partial charge in [0.1, 0.15) is 5.82 Å². The number of benzene rings is 2. The van der Waals surface area contributed by atoms with Crippen molar-refractivity contribution in [3.8, 4) is 0 Å². The van der Waals surface area contributed by atoms with Gasteiger partial charge in [-0.3, -0.25) is 9.52 Å². The third-order valence-electron chi connectivity index (χ3n) is 3.67. The predicted octanol–water partition coefficient (Wildman–Crippen LogP) is 2.96. The molecule has 2 rings (SSSR count). The van der Waals surface area contributed by atoms with Crippen molar-refractivity contribution in [1.29, 1.82) is 0 Å². The molecule has 2 aromatic carbocycles. The van der Waals surface area contributed by atoms with E-state index in [4.69, 9.17) is 11.6 Å². The number of rotatable bonds is 8. The molecule has 0 fully saturated rings. The summed E-state index contributed by atoms with van der Waals surface area (Å²) in [7, 11) is 0.00187. The van der Waals surface area contributed by atoms with E-state index in [0.29, 0.717) is 12.1 Å². The second kappa shape index (κ2) is 9.16. The zero-order chi connectivity index (χ0) is 20.0. The smallest absolute Gasteiger partial charge is 0.261 e. The summed E-state index contributed by atoms with van der Waals surface area (Å²) in [6.45, 7) is 1.42. The van der Waals surface area contributed by atoms with E-state index >= 15 is 0 Å². The fourth-order valence-corrected chi connectivity index (χ4v) is 3.58. The molecule has 0 bridgehead atoms. The lowest BCUT2D eigenvalue weighted by Crippen LogP contribution is -2.27. The minimum Gasteiger partial charge on any atom is -0.352 e. The van der Waals surface area contributed by atoms with Crippen LogP contribution in [0.2, 0.25) is 5.02 Å². The monoisotopic (exact) mass is 413 g/mol. The Bertz CT molecular complexity index is 903. The van der Waals surface area contributed by atoms with Gasteiger partial charge in [0.05, 0.1) is 9.92 Å². The highest BCUT2D eigenvalue weighted by atomic mass is 35.5. The Balaban J connectivity index is 2.00. The molecule has 2 N–H and O–H groups in total. The number of nitrogens with zero attached hydrogens (tertiary/aromatic N) is 1. The van der Waals surface area contributed by atoms with E-state index in [1.54, 1.807) is 0 Å². The van der Waals surface area contributed by atoms with E-state index in [1.807, 2.05) is 19.0 Å². The quantitative estimate of drug-likeness (QED) is 0.652. The van der Waals surface area contributed by atoms with Crippen LogP contribution in [0.5, 0.6) is 0 Å². The predicted molar refractivity (Wildman–Crippen MR) is 104 cm³/mol. The SMILES string of the molecule is CN(C)CCCNC(=O)c1ccc(NS(=O)(=O)c2ccc(F)c(Cl)c2)cc1. The zero-order valence-electron chi connectivity index (χ0n) is 15.0. The summed E-state index contributed by atoms with van der Waals surface area (Å²) in [5.74, 6) is -0.926. The van der Waals surface area contributed by atoms with Crippen LogP contribution in [-0.2, 0) is 10.0 Å². The number of carbonyl (C=O) groups is 1. The van der Waals surface area contributed by atoms with E-state index in [2.05, 4.69) is 10.0 Å². The standard InChI is InChI=1S/C18H21ClFN3O3S/c1-23(2)11-3-10-21-18(24)13-4-6-14(7-5-13)22-27(25,26)15-8-9-17(20)16(19)12-15/h4-9,12,22H,3,10-11H2,1-2H3,(H,21,24). The summed E-state index contributed by atoms with van der Waals surface area (Å²) >= 11 is 5.63. The zero-order valence-corrected chi connectivity index (χ0v) is 16.6. The van der Waals surface area contributed by atoms with Crippen molar-refractivity contribution >= 4 is 33.2 Å². The third-order valence-corrected chi connectivity index (χ3v) is 5.34. The fraction of sp³-hybridized carbons (Fsp3) is 0.278. The average Bonchev–Trinajstić information content (AvgIpc) is 2.61. The van der Waals surface area contributed by atoms with Gasteiger partial charge in [0, 0.05) is 17.8 Å². The molecule has 0 aliphatic heterocycles. The van der Waals surface area contributed by atoms with E-state index in [1.165, 1.54) is 24.3 Å². The maximum Gasteiger partial charge on any atom is 0.261 e. The number of halogens is 2. The average molecular weight is 414 g/mol. The molecule has 0 aliphatic rings. The third kappa shape index (κ3) is 6.20. The number of anilines is 1. The second-order valence-electron chi connectivity index (χ2n) is 6.17. The molecule has 27 heavy (non-hydrogen) atoms. The number of nitrogens with one attached hydrogen (secondary N) is 2. The molecular weight excluding hydrogens is 393 g/mol. The number of amides is 1. The molecule has 0 unspecified atom stereocenters. The van der Waals surface area contributed by atoms with Gasteiger partial charge in [0.25, 0.3) is 15.9 Å². The number of hydrogen-bond donors (Lipinski definition) is 2. The minimum atomic E-state index is -3.92. The molecule has 0 saturated carbocycles. The van der Waals surface area contributed by atoms with E-state index in [9.17, 15) is 17.6 Å². The summed E-state index contributed by atoms with van der Waals surface area (Å²) in [5, 5.41) is 2.53. The van der Waals surface area contributed by atoms with Gasteiger partial charge in [-0.05, 0) is 69.5 Å². The molecule has 6 nitrogen and oxygen atoms in total. The van der Waals surface area contributed by atoms with E-state index < -0.39 is 15.8 Å². The van der Waals surface area contributed by atoms with Crippen molar-refractivity contribution in [2.45, 2.75) is 11.3 Å². The van der Waals surface area contributed by atoms with Crippen molar-refractivity contribution in [2.75, 3.05) is 31.9 Å². The van der Waals surface area contributed by atoms with Crippen molar-refractivity contribution in [3.63, 3.8) is 0 Å². The second-order valence-corrected chi connectivity index (χ2v) is 8.26. The number of hydrogen-bond acceptors (Lipinski definition) is 4. The molecule has 146 valence electrons. The summed E-state index contributed by atoms with van der Waals surface area (Å²) in [6, 6.07) is 9.16. The first-order valence-corrected chi connectivity index (χ1v) is 10.1. The Morgan fingerprint density at radius 1 is 1.15 bits per heavy atom. The van der Waals surface area contributed by atoms with Gasteiger partial charge in [-0.2, -0.15) is 0 Å². The van der Waals surface area contributed by atoms with Crippen LogP contribution in [0.4, 0.5) is 10.1 Å². The minimum absolute atomic E-state index is 0.156. The summed E-state index contributed by atoms with van der Waals surface area (Å²) in [5.41, 5.74) is 0.701. The highest BCUT2D eigenvalue weighted by Gasteiger charge is 2.16. The first-order chi connectivity index (χ1) is 12.7. The number of carbonyl (C=O) groups excluding carboxylic acids is 1. The van der Waals surface area contributed by atoms with Gasteiger partial charge >= 0.3 is 0 Å². The Hall–Kier alpha value is -2.16. The Morgan fingerprint density at radius 3 is 2.41 bits per heavy atom. The van der Waals surface area contributed by atoms with Gasteiger partial charge in [-0.25, -0.2) is 12.8 Å².